The monoisotopic (exact) mass is 902 g/mol. The Morgan fingerprint density at radius 1 is 0.239 bits per heavy atom. The summed E-state index contributed by atoms with van der Waals surface area (Å²) in [5.74, 6) is 0. The number of rotatable bonds is 7. The molecule has 0 N–H and O–H groups in total. The Balaban J connectivity index is 1.28. The highest BCUT2D eigenvalue weighted by molar-refractivity contribution is 6.17. The molecule has 0 atom stereocenters. The van der Waals surface area contributed by atoms with Gasteiger partial charge < -0.3 is 13.7 Å². The molecule has 3 heterocycles. The number of hydrogen-bond acceptors (Lipinski definition) is 1. The molecule has 71 heavy (non-hydrogen) atoms. The Bertz CT molecular complexity index is 4230. The molecule has 0 unspecified atom stereocenters. The molecule has 4 nitrogen and oxygen atoms in total. The van der Waals surface area contributed by atoms with E-state index >= 15 is 0 Å². The van der Waals surface area contributed by atoms with E-state index in [9.17, 15) is 5.26 Å². The largest absolute Gasteiger partial charge is 0.307 e. The molecule has 0 amide bonds. The van der Waals surface area contributed by atoms with Crippen molar-refractivity contribution in [2.24, 2.45) is 0 Å². The third-order valence-electron chi connectivity index (χ3n) is 14.5. The van der Waals surface area contributed by atoms with Crippen molar-refractivity contribution in [2.45, 2.75) is 0 Å². The zero-order valence-electron chi connectivity index (χ0n) is 38.5. The maximum atomic E-state index is 12.5. The van der Waals surface area contributed by atoms with Gasteiger partial charge >= 0.3 is 0 Å². The van der Waals surface area contributed by atoms with Gasteiger partial charge in [0.2, 0.25) is 0 Å². The minimum atomic E-state index is 0.563. The standard InChI is InChI=1S/C67H42N4/c68-43-56-65(69-57-33-17-13-29-50(57)51-30-14-18-34-58(51)69)63(46-25-9-3-10-26-46)64(47-27-11-4-12-28-47)67(66(56)70-59-35-19-15-31-52(59)53-32-16-20-36-60(53)70)71-61-39-37-48(44-21-5-1-6-22-44)41-54(61)55-42-49(38-40-62(55)71)45-23-7-2-8-24-45/h1-42H. The van der Waals surface area contributed by atoms with Crippen LogP contribution in [0.25, 0.3) is 127 Å². The van der Waals surface area contributed by atoms with Gasteiger partial charge in [0, 0.05) is 43.4 Å². The van der Waals surface area contributed by atoms with Gasteiger partial charge in [-0.2, -0.15) is 5.26 Å². The van der Waals surface area contributed by atoms with E-state index in [0.29, 0.717) is 5.56 Å². The van der Waals surface area contributed by atoms with Gasteiger partial charge in [0.25, 0.3) is 0 Å². The van der Waals surface area contributed by atoms with Gasteiger partial charge in [-0.05, 0) is 81.9 Å². The predicted octanol–water partition coefficient (Wildman–Crippen LogP) is 17.5. The van der Waals surface area contributed by atoms with E-state index in [2.05, 4.69) is 275 Å². The first-order valence-corrected chi connectivity index (χ1v) is 24.2. The zero-order valence-corrected chi connectivity index (χ0v) is 38.5. The Morgan fingerprint density at radius 2 is 0.535 bits per heavy atom. The first-order valence-electron chi connectivity index (χ1n) is 24.2. The minimum Gasteiger partial charge on any atom is -0.307 e. The van der Waals surface area contributed by atoms with Crippen molar-refractivity contribution in [1.29, 1.82) is 5.26 Å². The van der Waals surface area contributed by atoms with Gasteiger partial charge in [0.05, 0.1) is 50.2 Å². The van der Waals surface area contributed by atoms with E-state index in [4.69, 9.17) is 0 Å². The van der Waals surface area contributed by atoms with Crippen molar-refractivity contribution < 1.29 is 0 Å². The Hall–Kier alpha value is -9.69. The predicted molar refractivity (Wildman–Crippen MR) is 296 cm³/mol. The molecule has 0 fully saturated rings. The fourth-order valence-corrected chi connectivity index (χ4v) is 11.5. The van der Waals surface area contributed by atoms with Crippen molar-refractivity contribution in [1.82, 2.24) is 13.7 Å². The van der Waals surface area contributed by atoms with Crippen LogP contribution in [0.2, 0.25) is 0 Å². The maximum Gasteiger partial charge on any atom is 0.104 e. The third-order valence-corrected chi connectivity index (χ3v) is 14.5. The Morgan fingerprint density at radius 3 is 0.915 bits per heavy atom. The number of fused-ring (bicyclic) bond motifs is 9. The summed E-state index contributed by atoms with van der Waals surface area (Å²) in [4.78, 5) is 0. The van der Waals surface area contributed by atoms with Crippen LogP contribution < -0.4 is 0 Å². The molecule has 14 aromatic rings. The quantitative estimate of drug-likeness (QED) is 0.157. The molecule has 0 aliphatic heterocycles. The first kappa shape index (κ1) is 40.4. The average molecular weight is 903 g/mol. The van der Waals surface area contributed by atoms with Crippen LogP contribution in [-0.2, 0) is 0 Å². The van der Waals surface area contributed by atoms with Gasteiger partial charge in [0.15, 0.2) is 0 Å². The smallest absolute Gasteiger partial charge is 0.104 e. The van der Waals surface area contributed by atoms with Crippen LogP contribution in [0.3, 0.4) is 0 Å². The number of benzene rings is 11. The third kappa shape index (κ3) is 6.17. The van der Waals surface area contributed by atoms with Crippen LogP contribution >= 0.6 is 0 Å². The molecular weight excluding hydrogens is 861 g/mol. The molecule has 330 valence electrons. The van der Waals surface area contributed by atoms with Crippen LogP contribution in [-0.4, -0.2) is 13.7 Å². The van der Waals surface area contributed by atoms with E-state index in [1.807, 2.05) is 0 Å². The van der Waals surface area contributed by atoms with Crippen LogP contribution in [0.15, 0.2) is 255 Å². The highest BCUT2D eigenvalue weighted by atomic mass is 15.1. The number of para-hydroxylation sites is 4. The second-order valence-electron chi connectivity index (χ2n) is 18.3. The molecule has 11 aromatic carbocycles. The summed E-state index contributed by atoms with van der Waals surface area (Å²) >= 11 is 0. The maximum absolute atomic E-state index is 12.5. The molecule has 4 heteroatoms. The molecule has 0 radical (unpaired) electrons. The lowest BCUT2D eigenvalue weighted by Crippen LogP contribution is -2.14. The molecule has 0 bridgehead atoms. The fourth-order valence-electron chi connectivity index (χ4n) is 11.5. The van der Waals surface area contributed by atoms with Crippen LogP contribution in [0.1, 0.15) is 5.56 Å². The normalized spacial score (nSPS) is 11.6. The van der Waals surface area contributed by atoms with E-state index in [-0.39, 0.29) is 0 Å². The van der Waals surface area contributed by atoms with Crippen LogP contribution in [0, 0.1) is 11.3 Å². The summed E-state index contributed by atoms with van der Waals surface area (Å²) in [5, 5.41) is 19.2. The average Bonchev–Trinajstić information content (AvgIpc) is 4.08. The molecule has 0 spiro atoms. The lowest BCUT2D eigenvalue weighted by atomic mass is 9.87. The summed E-state index contributed by atoms with van der Waals surface area (Å²) in [6, 6.07) is 94.2. The summed E-state index contributed by atoms with van der Waals surface area (Å²) in [7, 11) is 0. The summed E-state index contributed by atoms with van der Waals surface area (Å²) in [6.07, 6.45) is 0. The second-order valence-corrected chi connectivity index (χ2v) is 18.3. The van der Waals surface area contributed by atoms with Gasteiger partial charge in [-0.3, -0.25) is 0 Å². The molecule has 0 saturated heterocycles. The molecule has 0 saturated carbocycles. The molecule has 0 aliphatic carbocycles. The summed E-state index contributed by atoms with van der Waals surface area (Å²) < 4.78 is 7.22. The minimum absolute atomic E-state index is 0.563. The van der Waals surface area contributed by atoms with Crippen molar-refractivity contribution in [3.8, 4) is 67.6 Å². The topological polar surface area (TPSA) is 38.6 Å². The van der Waals surface area contributed by atoms with E-state index in [0.717, 1.165) is 127 Å². The van der Waals surface area contributed by atoms with E-state index in [1.165, 1.54) is 0 Å². The summed E-state index contributed by atoms with van der Waals surface area (Å²) in [6.45, 7) is 0. The van der Waals surface area contributed by atoms with Crippen molar-refractivity contribution in [3.63, 3.8) is 0 Å². The highest BCUT2D eigenvalue weighted by Gasteiger charge is 2.33. The van der Waals surface area contributed by atoms with E-state index < -0.39 is 0 Å². The van der Waals surface area contributed by atoms with Crippen molar-refractivity contribution in [2.75, 3.05) is 0 Å². The fraction of sp³-hybridized carbons (Fsp3) is 0. The van der Waals surface area contributed by atoms with Crippen LogP contribution in [0.5, 0.6) is 0 Å². The van der Waals surface area contributed by atoms with Gasteiger partial charge in [-0.15, -0.1) is 0 Å². The second kappa shape index (κ2) is 16.2. The molecule has 0 aliphatic rings. The highest BCUT2D eigenvalue weighted by Crippen LogP contribution is 2.52. The number of nitrogens with zero attached hydrogens (tertiary/aromatic N) is 4. The first-order chi connectivity index (χ1) is 35.2. The van der Waals surface area contributed by atoms with E-state index in [1.54, 1.807) is 0 Å². The molecule has 14 rings (SSSR count). The Labute approximate surface area is 410 Å². The van der Waals surface area contributed by atoms with Gasteiger partial charge in [-0.25, -0.2) is 0 Å². The van der Waals surface area contributed by atoms with Crippen LogP contribution in [0.4, 0.5) is 0 Å². The number of aromatic nitrogens is 3. The number of hydrogen-bond donors (Lipinski definition) is 0. The van der Waals surface area contributed by atoms with Crippen molar-refractivity contribution >= 4 is 65.4 Å². The lowest BCUT2D eigenvalue weighted by Gasteiger charge is -2.28. The SMILES string of the molecule is N#Cc1c(-n2c3ccccc3c3ccccc32)c(-c2ccccc2)c(-c2ccccc2)c(-n2c3ccc(-c4ccccc4)cc3c3cc(-c4ccccc4)ccc32)c1-n1c2ccccc2c2ccccc21. The number of nitriles is 1. The van der Waals surface area contributed by atoms with Gasteiger partial charge in [-0.1, -0.05) is 206 Å². The zero-order chi connectivity index (χ0) is 47.0. The molecular formula is C67H42N4. The van der Waals surface area contributed by atoms with Crippen molar-refractivity contribution in [3.05, 3.63) is 260 Å². The molecule has 3 aromatic heterocycles. The van der Waals surface area contributed by atoms with Gasteiger partial charge in [0.1, 0.15) is 11.6 Å². The Kier molecular flexibility index (Phi) is 9.23. The summed E-state index contributed by atoms with van der Waals surface area (Å²) in [5.41, 5.74) is 17.9. The lowest BCUT2D eigenvalue weighted by molar-refractivity contribution is 1.07.